The Balaban J connectivity index is 2.47. The van der Waals surface area contributed by atoms with Gasteiger partial charge in [0.2, 0.25) is 0 Å². The van der Waals surface area contributed by atoms with Crippen LogP contribution >= 0.6 is 15.9 Å². The number of nitrogens with one attached hydrogen (secondary N) is 1. The second-order valence-electron chi connectivity index (χ2n) is 6.05. The van der Waals surface area contributed by atoms with E-state index >= 15 is 0 Å². The average molecular weight is 332 g/mol. The lowest BCUT2D eigenvalue weighted by atomic mass is 9.94. The molecule has 0 amide bonds. The second kappa shape index (κ2) is 7.25. The zero-order valence-electron chi connectivity index (χ0n) is 12.1. The SMILES string of the molecule is CC(C)CNCC(C)(C)COc1cc(F)ccc1Br. The first-order chi connectivity index (χ1) is 8.80. The first-order valence-electron chi connectivity index (χ1n) is 6.59. The third-order valence-electron chi connectivity index (χ3n) is 2.67. The van der Waals surface area contributed by atoms with Crippen molar-refractivity contribution in [2.75, 3.05) is 19.7 Å². The molecule has 1 rings (SSSR count). The van der Waals surface area contributed by atoms with Crippen LogP contribution in [0.3, 0.4) is 0 Å². The zero-order valence-corrected chi connectivity index (χ0v) is 13.7. The van der Waals surface area contributed by atoms with Crippen LogP contribution in [0.25, 0.3) is 0 Å². The number of hydrogen-bond donors (Lipinski definition) is 1. The standard InChI is InChI=1S/C15H23BrFNO/c1-11(2)8-18-9-15(3,4)10-19-14-7-12(17)5-6-13(14)16/h5-7,11,18H,8-10H2,1-4H3. The number of rotatable bonds is 7. The number of ether oxygens (including phenoxy) is 1. The summed E-state index contributed by atoms with van der Waals surface area (Å²) >= 11 is 3.36. The van der Waals surface area contributed by atoms with E-state index in [9.17, 15) is 4.39 Å². The van der Waals surface area contributed by atoms with Gasteiger partial charge in [-0.1, -0.05) is 27.7 Å². The van der Waals surface area contributed by atoms with E-state index in [2.05, 4.69) is 48.9 Å². The van der Waals surface area contributed by atoms with Gasteiger partial charge in [-0.3, -0.25) is 0 Å². The zero-order chi connectivity index (χ0) is 14.5. The normalized spacial score (nSPS) is 11.9. The van der Waals surface area contributed by atoms with Crippen molar-refractivity contribution in [3.8, 4) is 5.75 Å². The summed E-state index contributed by atoms with van der Waals surface area (Å²) in [6, 6.07) is 4.47. The van der Waals surface area contributed by atoms with Crippen LogP contribution < -0.4 is 10.1 Å². The van der Waals surface area contributed by atoms with Crippen LogP contribution in [-0.4, -0.2) is 19.7 Å². The molecular formula is C15H23BrFNO. The average Bonchev–Trinajstić information content (AvgIpc) is 2.30. The molecule has 1 N–H and O–H groups in total. The molecule has 0 aliphatic rings. The van der Waals surface area contributed by atoms with Gasteiger partial charge in [0.05, 0.1) is 11.1 Å². The molecule has 108 valence electrons. The van der Waals surface area contributed by atoms with Gasteiger partial charge in [-0.2, -0.15) is 0 Å². The lowest BCUT2D eigenvalue weighted by Gasteiger charge is -2.26. The molecule has 0 spiro atoms. The highest BCUT2D eigenvalue weighted by Gasteiger charge is 2.19. The highest BCUT2D eigenvalue weighted by molar-refractivity contribution is 9.10. The molecule has 0 aromatic heterocycles. The van der Waals surface area contributed by atoms with Crippen LogP contribution in [0.15, 0.2) is 22.7 Å². The van der Waals surface area contributed by atoms with Gasteiger partial charge in [-0.25, -0.2) is 4.39 Å². The number of benzene rings is 1. The maximum absolute atomic E-state index is 13.1. The molecule has 2 nitrogen and oxygen atoms in total. The number of hydrogen-bond acceptors (Lipinski definition) is 2. The van der Waals surface area contributed by atoms with Crippen molar-refractivity contribution in [2.45, 2.75) is 27.7 Å². The molecule has 0 bridgehead atoms. The highest BCUT2D eigenvalue weighted by Crippen LogP contribution is 2.27. The van der Waals surface area contributed by atoms with E-state index in [1.165, 1.54) is 12.1 Å². The fraction of sp³-hybridized carbons (Fsp3) is 0.600. The molecule has 0 aliphatic carbocycles. The topological polar surface area (TPSA) is 21.3 Å². The van der Waals surface area contributed by atoms with E-state index in [0.717, 1.165) is 17.6 Å². The van der Waals surface area contributed by atoms with E-state index in [-0.39, 0.29) is 11.2 Å². The summed E-state index contributed by atoms with van der Waals surface area (Å²) in [4.78, 5) is 0. The van der Waals surface area contributed by atoms with Crippen molar-refractivity contribution in [3.63, 3.8) is 0 Å². The van der Waals surface area contributed by atoms with Gasteiger partial charge in [0, 0.05) is 18.0 Å². The van der Waals surface area contributed by atoms with E-state index in [4.69, 9.17) is 4.74 Å². The Morgan fingerprint density at radius 3 is 2.68 bits per heavy atom. The second-order valence-corrected chi connectivity index (χ2v) is 6.91. The minimum atomic E-state index is -0.283. The Kier molecular flexibility index (Phi) is 6.27. The van der Waals surface area contributed by atoms with Crippen LogP contribution in [0.5, 0.6) is 5.75 Å². The van der Waals surface area contributed by atoms with Gasteiger partial charge in [0.15, 0.2) is 0 Å². The quantitative estimate of drug-likeness (QED) is 0.806. The lowest BCUT2D eigenvalue weighted by Crippen LogP contribution is -2.35. The summed E-state index contributed by atoms with van der Waals surface area (Å²) in [5.74, 6) is 0.903. The van der Waals surface area contributed by atoms with Gasteiger partial charge >= 0.3 is 0 Å². The van der Waals surface area contributed by atoms with Crippen molar-refractivity contribution in [3.05, 3.63) is 28.5 Å². The summed E-state index contributed by atoms with van der Waals surface area (Å²) in [5.41, 5.74) is 0.000642. The molecule has 0 fully saturated rings. The minimum Gasteiger partial charge on any atom is -0.492 e. The third kappa shape index (κ3) is 6.39. The monoisotopic (exact) mass is 331 g/mol. The fourth-order valence-electron chi connectivity index (χ4n) is 1.61. The summed E-state index contributed by atoms with van der Waals surface area (Å²) in [6.07, 6.45) is 0. The summed E-state index contributed by atoms with van der Waals surface area (Å²) in [6.45, 7) is 11.0. The molecule has 1 aromatic rings. The Morgan fingerprint density at radius 2 is 2.05 bits per heavy atom. The molecule has 0 heterocycles. The van der Waals surface area contributed by atoms with Crippen LogP contribution in [0, 0.1) is 17.2 Å². The lowest BCUT2D eigenvalue weighted by molar-refractivity contribution is 0.174. The smallest absolute Gasteiger partial charge is 0.136 e. The van der Waals surface area contributed by atoms with E-state index in [1.807, 2.05) is 0 Å². The Hall–Kier alpha value is -0.610. The molecule has 19 heavy (non-hydrogen) atoms. The summed E-state index contributed by atoms with van der Waals surface area (Å²) in [5, 5.41) is 3.42. The first kappa shape index (κ1) is 16.4. The van der Waals surface area contributed by atoms with Crippen molar-refractivity contribution in [1.29, 1.82) is 0 Å². The van der Waals surface area contributed by atoms with Gasteiger partial charge in [0.1, 0.15) is 11.6 Å². The van der Waals surface area contributed by atoms with Gasteiger partial charge in [-0.15, -0.1) is 0 Å². The highest BCUT2D eigenvalue weighted by atomic mass is 79.9. The van der Waals surface area contributed by atoms with Crippen molar-refractivity contribution < 1.29 is 9.13 Å². The minimum absolute atomic E-state index is 0.000642. The van der Waals surface area contributed by atoms with Crippen molar-refractivity contribution >= 4 is 15.9 Å². The Bertz CT molecular complexity index is 407. The van der Waals surface area contributed by atoms with Crippen LogP contribution in [0.2, 0.25) is 0 Å². The molecule has 4 heteroatoms. The molecular weight excluding hydrogens is 309 g/mol. The number of halogens is 2. The maximum atomic E-state index is 13.1. The van der Waals surface area contributed by atoms with Crippen LogP contribution in [-0.2, 0) is 0 Å². The van der Waals surface area contributed by atoms with Crippen molar-refractivity contribution in [2.24, 2.45) is 11.3 Å². The molecule has 0 saturated heterocycles. The summed E-state index contributed by atoms with van der Waals surface area (Å²) in [7, 11) is 0. The fourth-order valence-corrected chi connectivity index (χ4v) is 1.97. The third-order valence-corrected chi connectivity index (χ3v) is 3.32. The Morgan fingerprint density at radius 1 is 1.37 bits per heavy atom. The molecule has 0 unspecified atom stereocenters. The van der Waals surface area contributed by atoms with Crippen LogP contribution in [0.4, 0.5) is 4.39 Å². The molecule has 1 aromatic carbocycles. The molecule has 0 saturated carbocycles. The predicted molar refractivity (Wildman–Crippen MR) is 81.1 cm³/mol. The maximum Gasteiger partial charge on any atom is 0.136 e. The molecule has 0 atom stereocenters. The summed E-state index contributed by atoms with van der Waals surface area (Å²) < 4.78 is 19.6. The van der Waals surface area contributed by atoms with E-state index < -0.39 is 0 Å². The largest absolute Gasteiger partial charge is 0.492 e. The van der Waals surface area contributed by atoms with Gasteiger partial charge < -0.3 is 10.1 Å². The first-order valence-corrected chi connectivity index (χ1v) is 7.38. The van der Waals surface area contributed by atoms with E-state index in [0.29, 0.717) is 18.3 Å². The Labute approximate surface area is 123 Å². The molecule has 0 aliphatic heterocycles. The van der Waals surface area contributed by atoms with E-state index in [1.54, 1.807) is 6.07 Å². The van der Waals surface area contributed by atoms with Crippen molar-refractivity contribution in [1.82, 2.24) is 5.32 Å². The van der Waals surface area contributed by atoms with Gasteiger partial charge in [0.25, 0.3) is 0 Å². The van der Waals surface area contributed by atoms with Gasteiger partial charge in [-0.05, 0) is 40.5 Å². The molecule has 0 radical (unpaired) electrons. The predicted octanol–water partition coefficient (Wildman–Crippen LogP) is 4.24. The van der Waals surface area contributed by atoms with Crippen LogP contribution in [0.1, 0.15) is 27.7 Å².